The van der Waals surface area contributed by atoms with Gasteiger partial charge in [-0.3, -0.25) is 14.6 Å². The third-order valence-corrected chi connectivity index (χ3v) is 2.61. The monoisotopic (exact) mass is 266 g/mol. The van der Waals surface area contributed by atoms with Crippen LogP contribution in [0.1, 0.15) is 13.3 Å². The Morgan fingerprint density at radius 1 is 1.53 bits per heavy atom. The quantitative estimate of drug-likeness (QED) is 0.797. The summed E-state index contributed by atoms with van der Waals surface area (Å²) in [7, 11) is 1.59. The lowest BCUT2D eigenvalue weighted by molar-refractivity contribution is -0.142. The van der Waals surface area contributed by atoms with Crippen LogP contribution in [0.25, 0.3) is 0 Å². The molecule has 19 heavy (non-hydrogen) atoms. The number of nitrogens with zero attached hydrogens (tertiary/aromatic N) is 2. The Kier molecular flexibility index (Phi) is 5.78. The van der Waals surface area contributed by atoms with Crippen LogP contribution >= 0.6 is 0 Å². The number of aromatic nitrogens is 1. The predicted octanol–water partition coefficient (Wildman–Crippen LogP) is 1.03. The van der Waals surface area contributed by atoms with E-state index < -0.39 is 11.9 Å². The van der Waals surface area contributed by atoms with Crippen molar-refractivity contribution in [3.63, 3.8) is 0 Å². The standard InChI is InChI=1S/C13H18N2O4/c1-10(13(17)18)9-15(2)12(16)5-7-19-11-4-3-6-14-8-11/h3-4,6,8,10H,5,7,9H2,1-2H3,(H,17,18). The van der Waals surface area contributed by atoms with Gasteiger partial charge in [-0.1, -0.05) is 6.92 Å². The average Bonchev–Trinajstić information content (AvgIpc) is 2.39. The second-order valence-corrected chi connectivity index (χ2v) is 4.30. The molecule has 6 heteroatoms. The molecule has 0 radical (unpaired) electrons. The third-order valence-electron chi connectivity index (χ3n) is 2.61. The van der Waals surface area contributed by atoms with E-state index in [2.05, 4.69) is 4.98 Å². The molecule has 0 fully saturated rings. The minimum Gasteiger partial charge on any atom is -0.491 e. The zero-order valence-electron chi connectivity index (χ0n) is 11.1. The zero-order valence-corrected chi connectivity index (χ0v) is 11.1. The third kappa shape index (κ3) is 5.37. The van der Waals surface area contributed by atoms with E-state index in [0.29, 0.717) is 5.75 Å². The first-order valence-electron chi connectivity index (χ1n) is 6.00. The predicted molar refractivity (Wildman–Crippen MR) is 68.8 cm³/mol. The fourth-order valence-corrected chi connectivity index (χ4v) is 1.47. The highest BCUT2D eigenvalue weighted by atomic mass is 16.5. The summed E-state index contributed by atoms with van der Waals surface area (Å²) in [5, 5.41) is 8.77. The lowest BCUT2D eigenvalue weighted by Gasteiger charge is -2.19. The zero-order chi connectivity index (χ0) is 14.3. The molecule has 1 heterocycles. The molecule has 0 aliphatic rings. The molecule has 1 aromatic heterocycles. The van der Waals surface area contributed by atoms with Crippen molar-refractivity contribution in [2.24, 2.45) is 5.92 Å². The van der Waals surface area contributed by atoms with Crippen LogP contribution in [0, 0.1) is 5.92 Å². The van der Waals surface area contributed by atoms with Gasteiger partial charge in [0.05, 0.1) is 25.1 Å². The van der Waals surface area contributed by atoms with Gasteiger partial charge in [-0.05, 0) is 12.1 Å². The maximum absolute atomic E-state index is 11.7. The Bertz CT molecular complexity index is 422. The molecule has 0 aromatic carbocycles. The van der Waals surface area contributed by atoms with Crippen LogP contribution in [0.2, 0.25) is 0 Å². The van der Waals surface area contributed by atoms with E-state index in [4.69, 9.17) is 9.84 Å². The molecule has 1 atom stereocenters. The van der Waals surface area contributed by atoms with E-state index in [9.17, 15) is 9.59 Å². The number of hydrogen-bond donors (Lipinski definition) is 1. The first kappa shape index (κ1) is 14.9. The van der Waals surface area contributed by atoms with Crippen molar-refractivity contribution in [3.8, 4) is 5.75 Å². The molecular weight excluding hydrogens is 248 g/mol. The van der Waals surface area contributed by atoms with Gasteiger partial charge in [0.15, 0.2) is 0 Å². The summed E-state index contributed by atoms with van der Waals surface area (Å²) < 4.78 is 5.35. The van der Waals surface area contributed by atoms with Crippen LogP contribution in [-0.4, -0.2) is 47.1 Å². The molecule has 104 valence electrons. The highest BCUT2D eigenvalue weighted by molar-refractivity contribution is 5.77. The molecule has 1 rings (SSSR count). The summed E-state index contributed by atoms with van der Waals surface area (Å²) in [6, 6.07) is 3.51. The van der Waals surface area contributed by atoms with Gasteiger partial charge >= 0.3 is 5.97 Å². The highest BCUT2D eigenvalue weighted by Gasteiger charge is 2.17. The van der Waals surface area contributed by atoms with Crippen molar-refractivity contribution in [3.05, 3.63) is 24.5 Å². The van der Waals surface area contributed by atoms with Gasteiger partial charge in [0, 0.05) is 19.8 Å². The van der Waals surface area contributed by atoms with Crippen molar-refractivity contribution < 1.29 is 19.4 Å². The number of carbonyl (C=O) groups is 2. The topological polar surface area (TPSA) is 79.7 Å². The molecule has 1 amide bonds. The minimum atomic E-state index is -0.911. The van der Waals surface area contributed by atoms with Gasteiger partial charge in [-0.25, -0.2) is 0 Å². The summed E-state index contributed by atoms with van der Waals surface area (Å²) in [6.07, 6.45) is 3.41. The van der Waals surface area contributed by atoms with E-state index >= 15 is 0 Å². The molecule has 0 spiro atoms. The summed E-state index contributed by atoms with van der Waals surface area (Å²) in [5.41, 5.74) is 0. The number of carbonyl (C=O) groups excluding carboxylic acids is 1. The van der Waals surface area contributed by atoms with E-state index in [1.54, 1.807) is 38.5 Å². The number of aliphatic carboxylic acids is 1. The van der Waals surface area contributed by atoms with Crippen LogP contribution < -0.4 is 4.74 Å². The Balaban J connectivity index is 2.29. The van der Waals surface area contributed by atoms with Crippen molar-refractivity contribution in [2.45, 2.75) is 13.3 Å². The lowest BCUT2D eigenvalue weighted by atomic mass is 10.2. The van der Waals surface area contributed by atoms with E-state index in [0.717, 1.165) is 0 Å². The van der Waals surface area contributed by atoms with E-state index in [1.165, 1.54) is 4.90 Å². The van der Waals surface area contributed by atoms with Crippen molar-refractivity contribution in [1.29, 1.82) is 0 Å². The Hall–Kier alpha value is -2.11. The number of rotatable bonds is 7. The second-order valence-electron chi connectivity index (χ2n) is 4.30. The van der Waals surface area contributed by atoms with Gasteiger partial charge in [-0.15, -0.1) is 0 Å². The average molecular weight is 266 g/mol. The Labute approximate surface area is 112 Å². The maximum Gasteiger partial charge on any atom is 0.308 e. The van der Waals surface area contributed by atoms with Crippen LogP contribution in [0.5, 0.6) is 5.75 Å². The molecular formula is C13H18N2O4. The highest BCUT2D eigenvalue weighted by Crippen LogP contribution is 2.07. The maximum atomic E-state index is 11.7. The van der Waals surface area contributed by atoms with Crippen LogP contribution in [0.3, 0.4) is 0 Å². The Morgan fingerprint density at radius 3 is 2.84 bits per heavy atom. The summed E-state index contributed by atoms with van der Waals surface area (Å²) in [4.78, 5) is 27.7. The number of carboxylic acid groups (broad SMARTS) is 1. The normalized spacial score (nSPS) is 11.7. The van der Waals surface area contributed by atoms with Gasteiger partial charge in [0.25, 0.3) is 0 Å². The van der Waals surface area contributed by atoms with Gasteiger partial charge in [-0.2, -0.15) is 0 Å². The summed E-state index contributed by atoms with van der Waals surface area (Å²) in [6.45, 7) is 2.01. The number of hydrogen-bond acceptors (Lipinski definition) is 4. The van der Waals surface area contributed by atoms with Crippen molar-refractivity contribution >= 4 is 11.9 Å². The van der Waals surface area contributed by atoms with Gasteiger partial charge in [0.2, 0.25) is 5.91 Å². The molecule has 0 bridgehead atoms. The largest absolute Gasteiger partial charge is 0.491 e. The fourth-order valence-electron chi connectivity index (χ4n) is 1.47. The first-order valence-corrected chi connectivity index (χ1v) is 6.00. The molecule has 1 unspecified atom stereocenters. The van der Waals surface area contributed by atoms with Crippen molar-refractivity contribution in [1.82, 2.24) is 9.88 Å². The molecule has 6 nitrogen and oxygen atoms in total. The van der Waals surface area contributed by atoms with Gasteiger partial charge < -0.3 is 14.7 Å². The second kappa shape index (κ2) is 7.35. The van der Waals surface area contributed by atoms with Crippen molar-refractivity contribution in [2.75, 3.05) is 20.2 Å². The molecule has 0 aliphatic heterocycles. The van der Waals surface area contributed by atoms with E-state index in [-0.39, 0.29) is 25.5 Å². The summed E-state index contributed by atoms with van der Waals surface area (Å²) in [5.74, 6) is -1.02. The molecule has 0 saturated carbocycles. The number of amides is 1. The SMILES string of the molecule is CC(CN(C)C(=O)CCOc1cccnc1)C(=O)O. The minimum absolute atomic E-state index is 0.142. The molecule has 0 saturated heterocycles. The number of carboxylic acids is 1. The van der Waals surface area contributed by atoms with Crippen LogP contribution in [0.15, 0.2) is 24.5 Å². The van der Waals surface area contributed by atoms with Crippen LogP contribution in [-0.2, 0) is 9.59 Å². The molecule has 0 aliphatic carbocycles. The van der Waals surface area contributed by atoms with Crippen LogP contribution in [0.4, 0.5) is 0 Å². The van der Waals surface area contributed by atoms with E-state index in [1.807, 2.05) is 0 Å². The number of ether oxygens (including phenoxy) is 1. The molecule has 1 aromatic rings. The fraction of sp³-hybridized carbons (Fsp3) is 0.462. The number of pyridine rings is 1. The smallest absolute Gasteiger partial charge is 0.308 e. The molecule has 1 N–H and O–H groups in total. The summed E-state index contributed by atoms with van der Waals surface area (Å²) >= 11 is 0. The van der Waals surface area contributed by atoms with Gasteiger partial charge in [0.1, 0.15) is 5.75 Å². The lowest BCUT2D eigenvalue weighted by Crippen LogP contribution is -2.34. The Morgan fingerprint density at radius 2 is 2.26 bits per heavy atom. The first-order chi connectivity index (χ1) is 9.00.